The summed E-state index contributed by atoms with van der Waals surface area (Å²) in [4.78, 5) is 4.65. The van der Waals surface area contributed by atoms with Gasteiger partial charge in [-0.3, -0.25) is 0 Å². The maximum atomic E-state index is 5.97. The van der Waals surface area contributed by atoms with Crippen molar-refractivity contribution in [3.05, 3.63) is 39.7 Å². The summed E-state index contributed by atoms with van der Waals surface area (Å²) in [6, 6.07) is 7.65. The summed E-state index contributed by atoms with van der Waals surface area (Å²) in [6.45, 7) is 0.836. The van der Waals surface area contributed by atoms with E-state index in [1.807, 2.05) is 29.6 Å². The fourth-order valence-corrected chi connectivity index (χ4v) is 3.50. The third kappa shape index (κ3) is 2.14. The van der Waals surface area contributed by atoms with E-state index in [1.54, 1.807) is 11.3 Å². The number of aromatic nitrogens is 1. The van der Waals surface area contributed by atoms with E-state index in [-0.39, 0.29) is 6.10 Å². The van der Waals surface area contributed by atoms with Crippen LogP contribution in [0.15, 0.2) is 34.1 Å². The van der Waals surface area contributed by atoms with Gasteiger partial charge in [-0.25, -0.2) is 4.98 Å². The second-order valence-electron chi connectivity index (χ2n) is 4.87. The highest BCUT2D eigenvalue weighted by molar-refractivity contribution is 7.10. The predicted octanol–water partition coefficient (Wildman–Crippen LogP) is 5.06. The van der Waals surface area contributed by atoms with Gasteiger partial charge in [-0.05, 0) is 31.0 Å². The van der Waals surface area contributed by atoms with Crippen molar-refractivity contribution in [1.29, 1.82) is 0 Å². The van der Waals surface area contributed by atoms with Crippen LogP contribution in [0.1, 0.15) is 24.0 Å². The number of halogens is 1. The van der Waals surface area contributed by atoms with Gasteiger partial charge in [0.25, 0.3) is 0 Å². The molecule has 0 bridgehead atoms. The molecule has 3 nitrogen and oxygen atoms in total. The Bertz CT molecular complexity index is 758. The van der Waals surface area contributed by atoms with Crippen molar-refractivity contribution in [2.45, 2.75) is 18.9 Å². The van der Waals surface area contributed by atoms with Gasteiger partial charge in [-0.1, -0.05) is 11.6 Å². The summed E-state index contributed by atoms with van der Waals surface area (Å²) in [7, 11) is 0. The molecule has 1 aliphatic rings. The van der Waals surface area contributed by atoms with E-state index in [9.17, 15) is 0 Å². The van der Waals surface area contributed by atoms with Crippen LogP contribution in [0.2, 0.25) is 5.02 Å². The molecule has 0 aliphatic carbocycles. The first-order valence-corrected chi connectivity index (χ1v) is 7.82. The number of hydrogen-bond acceptors (Lipinski definition) is 4. The second kappa shape index (κ2) is 4.88. The first-order chi connectivity index (χ1) is 9.79. The standard InChI is InChI=1S/C15H12ClNO2S/c16-10-4-3-9-6-14(19-13(9)7-10)11-8-20-15(17-11)12-2-1-5-18-12/h3-4,6-8,12H,1-2,5H2. The molecular weight excluding hydrogens is 294 g/mol. The Morgan fingerprint density at radius 1 is 1.30 bits per heavy atom. The molecule has 0 saturated carbocycles. The molecule has 20 heavy (non-hydrogen) atoms. The second-order valence-corrected chi connectivity index (χ2v) is 6.19. The van der Waals surface area contributed by atoms with Gasteiger partial charge < -0.3 is 9.15 Å². The van der Waals surface area contributed by atoms with E-state index < -0.39 is 0 Å². The Labute approximate surface area is 125 Å². The average Bonchev–Trinajstić information content (AvgIpc) is 3.17. The normalized spacial score (nSPS) is 18.9. The van der Waals surface area contributed by atoms with Gasteiger partial charge in [0.15, 0.2) is 5.76 Å². The first-order valence-electron chi connectivity index (χ1n) is 6.56. The van der Waals surface area contributed by atoms with Crippen LogP contribution in [-0.4, -0.2) is 11.6 Å². The Hall–Kier alpha value is -1.36. The zero-order chi connectivity index (χ0) is 13.5. The fraction of sp³-hybridized carbons (Fsp3) is 0.267. The molecular formula is C15H12ClNO2S. The molecule has 2 aromatic heterocycles. The lowest BCUT2D eigenvalue weighted by Gasteiger charge is -2.03. The van der Waals surface area contributed by atoms with E-state index in [0.717, 1.165) is 46.9 Å². The number of benzene rings is 1. The van der Waals surface area contributed by atoms with Crippen LogP contribution in [0, 0.1) is 0 Å². The third-order valence-electron chi connectivity index (χ3n) is 3.46. The number of rotatable bonds is 2. The summed E-state index contributed by atoms with van der Waals surface area (Å²) in [6.07, 6.45) is 2.33. The lowest BCUT2D eigenvalue weighted by atomic mass is 10.2. The van der Waals surface area contributed by atoms with Crippen LogP contribution in [0.4, 0.5) is 0 Å². The quantitative estimate of drug-likeness (QED) is 0.663. The van der Waals surface area contributed by atoms with E-state index in [2.05, 4.69) is 4.98 Å². The van der Waals surface area contributed by atoms with Crippen molar-refractivity contribution in [2.24, 2.45) is 0 Å². The van der Waals surface area contributed by atoms with Crippen molar-refractivity contribution < 1.29 is 9.15 Å². The molecule has 0 amide bonds. The molecule has 1 aromatic carbocycles. The average molecular weight is 306 g/mol. The Morgan fingerprint density at radius 2 is 2.25 bits per heavy atom. The minimum absolute atomic E-state index is 0.160. The highest BCUT2D eigenvalue weighted by atomic mass is 35.5. The number of fused-ring (bicyclic) bond motifs is 1. The highest BCUT2D eigenvalue weighted by Crippen LogP contribution is 2.35. The van der Waals surface area contributed by atoms with Crippen LogP contribution < -0.4 is 0 Å². The van der Waals surface area contributed by atoms with Gasteiger partial charge in [-0.15, -0.1) is 11.3 Å². The smallest absolute Gasteiger partial charge is 0.154 e. The van der Waals surface area contributed by atoms with Crippen molar-refractivity contribution in [3.8, 4) is 11.5 Å². The molecule has 1 fully saturated rings. The monoisotopic (exact) mass is 305 g/mol. The van der Waals surface area contributed by atoms with Crippen molar-refractivity contribution in [3.63, 3.8) is 0 Å². The van der Waals surface area contributed by atoms with Crippen LogP contribution in [0.25, 0.3) is 22.4 Å². The molecule has 0 N–H and O–H groups in total. The Balaban J connectivity index is 1.71. The number of ether oxygens (including phenoxy) is 1. The van der Waals surface area contributed by atoms with E-state index in [1.165, 1.54) is 0 Å². The molecule has 3 heterocycles. The van der Waals surface area contributed by atoms with Gasteiger partial charge >= 0.3 is 0 Å². The molecule has 1 aliphatic heterocycles. The lowest BCUT2D eigenvalue weighted by molar-refractivity contribution is 0.112. The lowest BCUT2D eigenvalue weighted by Crippen LogP contribution is -1.94. The summed E-state index contributed by atoms with van der Waals surface area (Å²) in [5.41, 5.74) is 1.66. The molecule has 4 rings (SSSR count). The maximum Gasteiger partial charge on any atom is 0.154 e. The minimum atomic E-state index is 0.160. The zero-order valence-electron chi connectivity index (χ0n) is 10.6. The largest absolute Gasteiger partial charge is 0.454 e. The highest BCUT2D eigenvalue weighted by Gasteiger charge is 2.21. The van der Waals surface area contributed by atoms with Gasteiger partial charge in [0.1, 0.15) is 22.4 Å². The van der Waals surface area contributed by atoms with Crippen LogP contribution in [0.3, 0.4) is 0 Å². The molecule has 1 atom stereocenters. The summed E-state index contributed by atoms with van der Waals surface area (Å²) < 4.78 is 11.5. The Morgan fingerprint density at radius 3 is 3.10 bits per heavy atom. The SMILES string of the molecule is Clc1ccc2cc(-c3csc(C4CCCO4)n3)oc2c1. The topological polar surface area (TPSA) is 35.3 Å². The van der Waals surface area contributed by atoms with E-state index >= 15 is 0 Å². The van der Waals surface area contributed by atoms with Gasteiger partial charge in [0.05, 0.1) is 0 Å². The Kier molecular flexibility index (Phi) is 3.02. The first kappa shape index (κ1) is 12.4. The predicted molar refractivity (Wildman–Crippen MR) is 80.3 cm³/mol. The molecule has 102 valence electrons. The summed E-state index contributed by atoms with van der Waals surface area (Å²) >= 11 is 7.61. The van der Waals surface area contributed by atoms with Crippen LogP contribution >= 0.6 is 22.9 Å². The molecule has 0 radical (unpaired) electrons. The number of furan rings is 1. The van der Waals surface area contributed by atoms with Gasteiger partial charge in [0, 0.05) is 28.5 Å². The van der Waals surface area contributed by atoms with Crippen LogP contribution in [-0.2, 0) is 4.74 Å². The maximum absolute atomic E-state index is 5.97. The molecule has 0 spiro atoms. The van der Waals surface area contributed by atoms with Crippen molar-refractivity contribution >= 4 is 33.9 Å². The molecule has 1 unspecified atom stereocenters. The third-order valence-corrected chi connectivity index (χ3v) is 4.63. The van der Waals surface area contributed by atoms with Crippen molar-refractivity contribution in [1.82, 2.24) is 4.98 Å². The summed E-state index contributed by atoms with van der Waals surface area (Å²) in [5, 5.41) is 4.78. The minimum Gasteiger partial charge on any atom is -0.454 e. The van der Waals surface area contributed by atoms with Gasteiger partial charge in [0.2, 0.25) is 0 Å². The summed E-state index contributed by atoms with van der Waals surface area (Å²) in [5.74, 6) is 0.780. The van der Waals surface area contributed by atoms with Crippen molar-refractivity contribution in [2.75, 3.05) is 6.61 Å². The van der Waals surface area contributed by atoms with E-state index in [0.29, 0.717) is 5.02 Å². The fourth-order valence-electron chi connectivity index (χ4n) is 2.45. The molecule has 5 heteroatoms. The zero-order valence-corrected chi connectivity index (χ0v) is 12.2. The van der Waals surface area contributed by atoms with Gasteiger partial charge in [-0.2, -0.15) is 0 Å². The van der Waals surface area contributed by atoms with Crippen LogP contribution in [0.5, 0.6) is 0 Å². The number of nitrogens with zero attached hydrogens (tertiary/aromatic N) is 1. The number of thiazole rings is 1. The van der Waals surface area contributed by atoms with E-state index in [4.69, 9.17) is 20.8 Å². The number of hydrogen-bond donors (Lipinski definition) is 0. The molecule has 3 aromatic rings. The molecule has 1 saturated heterocycles.